The van der Waals surface area contributed by atoms with Crippen LogP contribution in [0.2, 0.25) is 0 Å². The van der Waals surface area contributed by atoms with Crippen LogP contribution in [0.3, 0.4) is 0 Å². The summed E-state index contributed by atoms with van der Waals surface area (Å²) in [6.07, 6.45) is 3.38. The second kappa shape index (κ2) is 4.30. The van der Waals surface area contributed by atoms with Gasteiger partial charge in [0.1, 0.15) is 0 Å². The van der Waals surface area contributed by atoms with E-state index in [2.05, 4.69) is 6.92 Å². The third kappa shape index (κ3) is 2.47. The van der Waals surface area contributed by atoms with Crippen LogP contribution in [0.4, 0.5) is 0 Å². The van der Waals surface area contributed by atoms with Crippen molar-refractivity contribution in [1.29, 1.82) is 0 Å². The van der Waals surface area contributed by atoms with Crippen LogP contribution in [0.15, 0.2) is 0 Å². The summed E-state index contributed by atoms with van der Waals surface area (Å²) in [5.74, 6) is 0.226. The van der Waals surface area contributed by atoms with Gasteiger partial charge in [0.05, 0.1) is 5.41 Å². The van der Waals surface area contributed by atoms with E-state index in [9.17, 15) is 4.79 Å². The number of amides is 1. The predicted molar refractivity (Wildman–Crippen MR) is 57.9 cm³/mol. The molecular weight excluding hydrogens is 176 g/mol. The number of hydrogen-bond donors (Lipinski definition) is 1. The predicted octanol–water partition coefficient (Wildman–Crippen LogP) is 1.37. The molecule has 0 saturated heterocycles. The molecule has 3 heteroatoms. The third-order valence-electron chi connectivity index (χ3n) is 2.80. The molecule has 0 spiro atoms. The van der Waals surface area contributed by atoms with Gasteiger partial charge in [0.15, 0.2) is 0 Å². The Balaban J connectivity index is 2.62. The van der Waals surface area contributed by atoms with E-state index in [0.717, 1.165) is 13.0 Å². The Morgan fingerprint density at radius 3 is 2.43 bits per heavy atom. The second-order valence-electron chi connectivity index (χ2n) is 4.82. The molecule has 82 valence electrons. The molecule has 1 fully saturated rings. The van der Waals surface area contributed by atoms with Crippen molar-refractivity contribution >= 4 is 5.91 Å². The zero-order valence-electron chi connectivity index (χ0n) is 9.55. The maximum atomic E-state index is 12.1. The molecule has 0 bridgehead atoms. The minimum atomic E-state index is -0.391. The van der Waals surface area contributed by atoms with Gasteiger partial charge in [-0.25, -0.2) is 0 Å². The Bertz CT molecular complexity index is 209. The van der Waals surface area contributed by atoms with Crippen molar-refractivity contribution in [3.63, 3.8) is 0 Å². The lowest BCUT2D eigenvalue weighted by atomic mass is 9.91. The molecule has 1 aliphatic carbocycles. The van der Waals surface area contributed by atoms with E-state index in [1.54, 1.807) is 0 Å². The molecule has 0 radical (unpaired) electrons. The second-order valence-corrected chi connectivity index (χ2v) is 4.82. The van der Waals surface area contributed by atoms with Gasteiger partial charge in [-0.1, -0.05) is 6.92 Å². The third-order valence-corrected chi connectivity index (χ3v) is 2.80. The Morgan fingerprint density at radius 1 is 1.50 bits per heavy atom. The molecule has 2 N–H and O–H groups in total. The fraction of sp³-hybridized carbons (Fsp3) is 0.909. The number of carbonyl (C=O) groups excluding carboxylic acids is 1. The molecule has 0 aromatic carbocycles. The first-order valence-electron chi connectivity index (χ1n) is 5.54. The van der Waals surface area contributed by atoms with Crippen LogP contribution < -0.4 is 5.73 Å². The fourth-order valence-corrected chi connectivity index (χ4v) is 1.55. The first kappa shape index (κ1) is 11.5. The van der Waals surface area contributed by atoms with Gasteiger partial charge in [-0.15, -0.1) is 0 Å². The van der Waals surface area contributed by atoms with Gasteiger partial charge in [-0.2, -0.15) is 0 Å². The van der Waals surface area contributed by atoms with Gasteiger partial charge in [0.2, 0.25) is 5.91 Å². The van der Waals surface area contributed by atoms with E-state index >= 15 is 0 Å². The van der Waals surface area contributed by atoms with Crippen molar-refractivity contribution in [3.05, 3.63) is 0 Å². The smallest absolute Gasteiger partial charge is 0.229 e. The molecule has 3 nitrogen and oxygen atoms in total. The Kier molecular flexibility index (Phi) is 3.53. The molecule has 0 unspecified atom stereocenters. The zero-order valence-corrected chi connectivity index (χ0v) is 9.55. The summed E-state index contributed by atoms with van der Waals surface area (Å²) in [6, 6.07) is 0.508. The van der Waals surface area contributed by atoms with Gasteiger partial charge < -0.3 is 10.6 Å². The molecule has 0 aliphatic heterocycles. The largest absolute Gasteiger partial charge is 0.339 e. The molecule has 0 aromatic heterocycles. The van der Waals surface area contributed by atoms with Crippen molar-refractivity contribution in [3.8, 4) is 0 Å². The highest BCUT2D eigenvalue weighted by Gasteiger charge is 2.38. The molecule has 1 amide bonds. The first-order valence-corrected chi connectivity index (χ1v) is 5.54. The highest BCUT2D eigenvalue weighted by atomic mass is 16.2. The highest BCUT2D eigenvalue weighted by Crippen LogP contribution is 2.30. The van der Waals surface area contributed by atoms with E-state index in [1.807, 2.05) is 18.7 Å². The Hall–Kier alpha value is -0.570. The van der Waals surface area contributed by atoms with Crippen LogP contribution in [0, 0.1) is 5.41 Å². The van der Waals surface area contributed by atoms with E-state index < -0.39 is 5.41 Å². The van der Waals surface area contributed by atoms with Gasteiger partial charge in [0, 0.05) is 19.1 Å². The minimum Gasteiger partial charge on any atom is -0.339 e. The maximum absolute atomic E-state index is 12.1. The Labute approximate surface area is 86.6 Å². The van der Waals surface area contributed by atoms with E-state index in [4.69, 9.17) is 5.73 Å². The van der Waals surface area contributed by atoms with Crippen LogP contribution in [0.1, 0.15) is 40.0 Å². The van der Waals surface area contributed by atoms with Gasteiger partial charge >= 0.3 is 0 Å². The summed E-state index contributed by atoms with van der Waals surface area (Å²) < 4.78 is 0. The average molecular weight is 198 g/mol. The topological polar surface area (TPSA) is 46.3 Å². The van der Waals surface area contributed by atoms with Crippen molar-refractivity contribution in [2.75, 3.05) is 13.1 Å². The highest BCUT2D eigenvalue weighted by molar-refractivity contribution is 5.82. The molecule has 1 aliphatic rings. The van der Waals surface area contributed by atoms with Crippen LogP contribution in [0.5, 0.6) is 0 Å². The number of nitrogens with two attached hydrogens (primary N) is 1. The number of rotatable bonds is 5. The molecule has 1 saturated carbocycles. The number of carbonyl (C=O) groups is 1. The van der Waals surface area contributed by atoms with Crippen molar-refractivity contribution in [2.45, 2.75) is 46.1 Å². The summed E-state index contributed by atoms with van der Waals surface area (Å²) >= 11 is 0. The number of nitrogens with zero attached hydrogens (tertiary/aromatic N) is 1. The van der Waals surface area contributed by atoms with Crippen LogP contribution in [-0.2, 0) is 4.79 Å². The van der Waals surface area contributed by atoms with E-state index in [0.29, 0.717) is 12.6 Å². The summed E-state index contributed by atoms with van der Waals surface area (Å²) in [4.78, 5) is 14.1. The van der Waals surface area contributed by atoms with Crippen molar-refractivity contribution < 1.29 is 4.79 Å². The maximum Gasteiger partial charge on any atom is 0.229 e. The van der Waals surface area contributed by atoms with Gasteiger partial charge in [-0.05, 0) is 33.1 Å². The lowest BCUT2D eigenvalue weighted by Gasteiger charge is -2.31. The lowest BCUT2D eigenvalue weighted by molar-refractivity contribution is -0.140. The van der Waals surface area contributed by atoms with Gasteiger partial charge in [-0.3, -0.25) is 4.79 Å². The molecule has 1 rings (SSSR count). The lowest BCUT2D eigenvalue weighted by Crippen LogP contribution is -2.46. The molecule has 0 heterocycles. The van der Waals surface area contributed by atoms with Crippen LogP contribution in [0.25, 0.3) is 0 Å². The van der Waals surface area contributed by atoms with Crippen LogP contribution in [-0.4, -0.2) is 29.9 Å². The molecule has 14 heavy (non-hydrogen) atoms. The molecular formula is C11H22N2O. The summed E-state index contributed by atoms with van der Waals surface area (Å²) in [5, 5.41) is 0. The number of hydrogen-bond acceptors (Lipinski definition) is 2. The quantitative estimate of drug-likeness (QED) is 0.725. The zero-order chi connectivity index (χ0) is 10.8. The Morgan fingerprint density at radius 2 is 2.07 bits per heavy atom. The van der Waals surface area contributed by atoms with Crippen LogP contribution >= 0.6 is 0 Å². The van der Waals surface area contributed by atoms with Crippen molar-refractivity contribution in [2.24, 2.45) is 11.1 Å². The SMILES string of the molecule is CCCN(C(=O)C(C)(C)CN)C1CC1. The summed E-state index contributed by atoms with van der Waals surface area (Å²) in [6.45, 7) is 7.28. The van der Waals surface area contributed by atoms with Gasteiger partial charge in [0.25, 0.3) is 0 Å². The van der Waals surface area contributed by atoms with Crippen molar-refractivity contribution in [1.82, 2.24) is 4.90 Å². The molecule has 0 aromatic rings. The van der Waals surface area contributed by atoms with E-state index in [1.165, 1.54) is 12.8 Å². The average Bonchev–Trinajstić information content (AvgIpc) is 2.96. The normalized spacial score (nSPS) is 16.9. The monoisotopic (exact) mass is 198 g/mol. The molecule has 0 atom stereocenters. The fourth-order valence-electron chi connectivity index (χ4n) is 1.55. The standard InChI is InChI=1S/C11H22N2O/c1-4-7-13(9-5-6-9)10(14)11(2,3)8-12/h9H,4-8,12H2,1-3H3. The van der Waals surface area contributed by atoms with E-state index in [-0.39, 0.29) is 5.91 Å². The first-order chi connectivity index (χ1) is 6.53. The summed E-state index contributed by atoms with van der Waals surface area (Å²) in [7, 11) is 0. The summed E-state index contributed by atoms with van der Waals surface area (Å²) in [5.41, 5.74) is 5.22. The minimum absolute atomic E-state index is 0.226.